The van der Waals surface area contributed by atoms with Crippen LogP contribution in [0.1, 0.15) is 12.5 Å². The predicted molar refractivity (Wildman–Crippen MR) is 59.4 cm³/mol. The SMILES string of the molecule is CCOC(=O)C#Cc1ccc(N)cc1Cl. The van der Waals surface area contributed by atoms with Crippen LogP contribution in [0.25, 0.3) is 0 Å². The number of anilines is 1. The van der Waals surface area contributed by atoms with Gasteiger partial charge in [-0.15, -0.1) is 0 Å². The maximum Gasteiger partial charge on any atom is 0.384 e. The molecule has 0 atom stereocenters. The van der Waals surface area contributed by atoms with Gasteiger partial charge in [-0.2, -0.15) is 0 Å². The summed E-state index contributed by atoms with van der Waals surface area (Å²) in [6, 6.07) is 4.90. The highest BCUT2D eigenvalue weighted by molar-refractivity contribution is 6.32. The summed E-state index contributed by atoms with van der Waals surface area (Å²) in [4.78, 5) is 10.9. The first-order chi connectivity index (χ1) is 7.13. The van der Waals surface area contributed by atoms with E-state index in [0.29, 0.717) is 22.9 Å². The Morgan fingerprint density at radius 1 is 1.60 bits per heavy atom. The predicted octanol–water partition coefficient (Wildman–Crippen LogP) is 1.84. The molecule has 78 valence electrons. The van der Waals surface area contributed by atoms with Gasteiger partial charge in [0.2, 0.25) is 0 Å². The Morgan fingerprint density at radius 3 is 2.93 bits per heavy atom. The molecule has 1 aromatic rings. The van der Waals surface area contributed by atoms with E-state index in [0.717, 1.165) is 0 Å². The van der Waals surface area contributed by atoms with E-state index in [1.165, 1.54) is 0 Å². The van der Waals surface area contributed by atoms with Crippen LogP contribution in [0.5, 0.6) is 0 Å². The van der Waals surface area contributed by atoms with Crippen LogP contribution >= 0.6 is 11.6 Å². The van der Waals surface area contributed by atoms with Crippen molar-refractivity contribution in [3.8, 4) is 11.8 Å². The normalized spacial score (nSPS) is 8.93. The number of hydrogen-bond donors (Lipinski definition) is 1. The summed E-state index contributed by atoms with van der Waals surface area (Å²) in [5.41, 5.74) is 6.62. The standard InChI is InChI=1S/C11H10ClNO2/c1-2-15-11(14)6-4-8-3-5-9(13)7-10(8)12/h3,5,7H,2,13H2,1H3. The van der Waals surface area contributed by atoms with E-state index in [2.05, 4.69) is 16.6 Å². The highest BCUT2D eigenvalue weighted by Gasteiger charge is 1.98. The lowest BCUT2D eigenvalue weighted by Crippen LogP contribution is -1.99. The van der Waals surface area contributed by atoms with E-state index in [1.54, 1.807) is 25.1 Å². The minimum atomic E-state index is -0.564. The lowest BCUT2D eigenvalue weighted by Gasteiger charge is -1.97. The Balaban J connectivity index is 2.84. The zero-order valence-electron chi connectivity index (χ0n) is 8.21. The van der Waals surface area contributed by atoms with Gasteiger partial charge in [0, 0.05) is 17.2 Å². The highest BCUT2D eigenvalue weighted by Crippen LogP contribution is 2.17. The number of ether oxygens (including phenoxy) is 1. The van der Waals surface area contributed by atoms with Crippen molar-refractivity contribution in [3.63, 3.8) is 0 Å². The van der Waals surface area contributed by atoms with Gasteiger partial charge in [-0.3, -0.25) is 0 Å². The first kappa shape index (κ1) is 11.4. The van der Waals surface area contributed by atoms with Crippen LogP contribution in [0.2, 0.25) is 5.02 Å². The molecule has 0 saturated carbocycles. The average Bonchev–Trinajstić information content (AvgIpc) is 2.17. The maximum atomic E-state index is 10.9. The molecule has 0 unspecified atom stereocenters. The summed E-state index contributed by atoms with van der Waals surface area (Å²) in [6.45, 7) is 2.03. The topological polar surface area (TPSA) is 52.3 Å². The quantitative estimate of drug-likeness (QED) is 0.449. The number of carbonyl (C=O) groups excluding carboxylic acids is 1. The van der Waals surface area contributed by atoms with Gasteiger partial charge in [0.15, 0.2) is 0 Å². The van der Waals surface area contributed by atoms with Crippen molar-refractivity contribution in [1.82, 2.24) is 0 Å². The number of nitrogens with two attached hydrogens (primary N) is 1. The average molecular weight is 224 g/mol. The van der Waals surface area contributed by atoms with Gasteiger partial charge in [-0.05, 0) is 25.1 Å². The largest absolute Gasteiger partial charge is 0.456 e. The van der Waals surface area contributed by atoms with E-state index >= 15 is 0 Å². The molecule has 1 aromatic carbocycles. The Kier molecular flexibility index (Phi) is 4.02. The number of benzene rings is 1. The number of halogens is 1. The first-order valence-electron chi connectivity index (χ1n) is 4.37. The second kappa shape index (κ2) is 5.28. The molecular formula is C11H10ClNO2. The molecule has 15 heavy (non-hydrogen) atoms. The molecule has 1 rings (SSSR count). The molecule has 0 aromatic heterocycles. The monoisotopic (exact) mass is 223 g/mol. The third kappa shape index (κ3) is 3.53. The van der Waals surface area contributed by atoms with Gasteiger partial charge in [0.05, 0.1) is 11.6 Å². The van der Waals surface area contributed by atoms with Gasteiger partial charge < -0.3 is 10.5 Å². The Labute approximate surface area is 93.2 Å². The molecular weight excluding hydrogens is 214 g/mol. The summed E-state index contributed by atoms with van der Waals surface area (Å²) in [5.74, 6) is 4.37. The van der Waals surface area contributed by atoms with Gasteiger partial charge >= 0.3 is 5.97 Å². The van der Waals surface area contributed by atoms with E-state index < -0.39 is 5.97 Å². The summed E-state index contributed by atoms with van der Waals surface area (Å²) in [6.07, 6.45) is 0. The summed E-state index contributed by atoms with van der Waals surface area (Å²) in [7, 11) is 0. The molecule has 0 bridgehead atoms. The summed E-state index contributed by atoms with van der Waals surface area (Å²) < 4.78 is 4.65. The second-order valence-corrected chi connectivity index (χ2v) is 3.12. The van der Waals surface area contributed by atoms with Crippen LogP contribution in [0.15, 0.2) is 18.2 Å². The molecule has 0 fully saturated rings. The molecule has 0 radical (unpaired) electrons. The minimum Gasteiger partial charge on any atom is -0.456 e. The van der Waals surface area contributed by atoms with E-state index in [1.807, 2.05) is 0 Å². The fourth-order valence-electron chi connectivity index (χ4n) is 0.918. The third-order valence-electron chi connectivity index (χ3n) is 1.57. The molecule has 0 aliphatic carbocycles. The zero-order chi connectivity index (χ0) is 11.3. The first-order valence-corrected chi connectivity index (χ1v) is 4.75. The lowest BCUT2D eigenvalue weighted by atomic mass is 10.2. The smallest absolute Gasteiger partial charge is 0.384 e. The van der Waals surface area contributed by atoms with Crippen LogP contribution in [0, 0.1) is 11.8 Å². The number of rotatable bonds is 1. The molecule has 0 saturated heterocycles. The van der Waals surface area contributed by atoms with E-state index in [9.17, 15) is 4.79 Å². The number of hydrogen-bond acceptors (Lipinski definition) is 3. The van der Waals surface area contributed by atoms with E-state index in [-0.39, 0.29) is 0 Å². The second-order valence-electron chi connectivity index (χ2n) is 2.71. The van der Waals surface area contributed by atoms with Crippen molar-refractivity contribution in [2.45, 2.75) is 6.92 Å². The summed E-state index contributed by atoms with van der Waals surface area (Å²) in [5, 5.41) is 0.423. The van der Waals surface area contributed by atoms with Gasteiger partial charge in [0.25, 0.3) is 0 Å². The highest BCUT2D eigenvalue weighted by atomic mass is 35.5. The van der Waals surface area contributed by atoms with E-state index in [4.69, 9.17) is 17.3 Å². The van der Waals surface area contributed by atoms with Crippen LogP contribution < -0.4 is 5.73 Å². The van der Waals surface area contributed by atoms with Crippen molar-refractivity contribution in [1.29, 1.82) is 0 Å². The molecule has 0 heterocycles. The molecule has 0 amide bonds. The van der Waals surface area contributed by atoms with Crippen LogP contribution in [0.4, 0.5) is 5.69 Å². The molecule has 2 N–H and O–H groups in total. The fraction of sp³-hybridized carbons (Fsp3) is 0.182. The Bertz CT molecular complexity index is 432. The minimum absolute atomic E-state index is 0.309. The van der Waals surface area contributed by atoms with Gasteiger partial charge in [0.1, 0.15) is 0 Å². The maximum absolute atomic E-state index is 10.9. The number of nitrogen functional groups attached to an aromatic ring is 1. The third-order valence-corrected chi connectivity index (χ3v) is 1.88. The van der Waals surface area contributed by atoms with Crippen molar-refractivity contribution in [3.05, 3.63) is 28.8 Å². The molecule has 0 spiro atoms. The Hall–Kier alpha value is -1.66. The van der Waals surface area contributed by atoms with Crippen LogP contribution in [0.3, 0.4) is 0 Å². The van der Waals surface area contributed by atoms with Crippen molar-refractivity contribution < 1.29 is 9.53 Å². The molecule has 4 heteroatoms. The Morgan fingerprint density at radius 2 is 2.33 bits per heavy atom. The zero-order valence-corrected chi connectivity index (χ0v) is 8.97. The molecule has 3 nitrogen and oxygen atoms in total. The van der Waals surface area contributed by atoms with Crippen molar-refractivity contribution >= 4 is 23.3 Å². The van der Waals surface area contributed by atoms with Crippen molar-refractivity contribution in [2.24, 2.45) is 0 Å². The fourth-order valence-corrected chi connectivity index (χ4v) is 1.15. The van der Waals surface area contributed by atoms with Gasteiger partial charge in [-0.25, -0.2) is 4.79 Å². The van der Waals surface area contributed by atoms with Gasteiger partial charge in [-0.1, -0.05) is 17.5 Å². The van der Waals surface area contributed by atoms with Crippen LogP contribution in [-0.2, 0) is 9.53 Å². The molecule has 0 aliphatic rings. The van der Waals surface area contributed by atoms with Crippen LogP contribution in [-0.4, -0.2) is 12.6 Å². The van der Waals surface area contributed by atoms with Crippen molar-refractivity contribution in [2.75, 3.05) is 12.3 Å². The number of esters is 1. The number of carbonyl (C=O) groups is 1. The summed E-state index contributed by atoms with van der Waals surface area (Å²) >= 11 is 5.86. The molecule has 0 aliphatic heterocycles. The lowest BCUT2D eigenvalue weighted by molar-refractivity contribution is -0.136.